The molecule has 0 aliphatic rings. The van der Waals surface area contributed by atoms with Crippen molar-refractivity contribution in [1.82, 2.24) is 15.3 Å². The number of H-pyrrole nitrogens is 1. The maximum Gasteiger partial charge on any atom is 0.249 e. The highest BCUT2D eigenvalue weighted by Gasteiger charge is 2.14. The summed E-state index contributed by atoms with van der Waals surface area (Å²) in [6, 6.07) is 5.96. The van der Waals surface area contributed by atoms with Gasteiger partial charge in [-0.2, -0.15) is 11.8 Å². The predicted octanol–water partition coefficient (Wildman–Crippen LogP) is 1.60. The van der Waals surface area contributed by atoms with Gasteiger partial charge in [-0.1, -0.05) is 6.07 Å². The van der Waals surface area contributed by atoms with E-state index in [0.29, 0.717) is 18.8 Å². The molecule has 2 rings (SSSR count). The van der Waals surface area contributed by atoms with Crippen molar-refractivity contribution in [3.8, 4) is 0 Å². The van der Waals surface area contributed by atoms with Gasteiger partial charge in [-0.15, -0.1) is 0 Å². The van der Waals surface area contributed by atoms with Crippen LogP contribution in [0.4, 0.5) is 0 Å². The Morgan fingerprint density at radius 3 is 3.10 bits per heavy atom. The first-order valence-corrected chi connectivity index (χ1v) is 7.89. The van der Waals surface area contributed by atoms with Crippen molar-refractivity contribution in [2.75, 3.05) is 12.0 Å². The van der Waals surface area contributed by atoms with E-state index in [1.54, 1.807) is 11.8 Å². The molecule has 1 aromatic carbocycles. The molecule has 20 heavy (non-hydrogen) atoms. The van der Waals surface area contributed by atoms with E-state index in [2.05, 4.69) is 15.3 Å². The monoisotopic (exact) mass is 293 g/mol. The molecule has 5 nitrogen and oxygen atoms in total. The van der Waals surface area contributed by atoms with E-state index < -0.39 is 6.10 Å². The Morgan fingerprint density at radius 1 is 1.55 bits per heavy atom. The van der Waals surface area contributed by atoms with E-state index in [-0.39, 0.29) is 5.91 Å². The number of aromatic amines is 1. The van der Waals surface area contributed by atoms with Gasteiger partial charge in [0.15, 0.2) is 0 Å². The Bertz CT molecular complexity index is 597. The van der Waals surface area contributed by atoms with Gasteiger partial charge >= 0.3 is 0 Å². The predicted molar refractivity (Wildman–Crippen MR) is 81.7 cm³/mol. The number of carbonyl (C=O) groups is 1. The zero-order valence-corrected chi connectivity index (χ0v) is 12.5. The molecule has 1 heterocycles. The van der Waals surface area contributed by atoms with E-state index in [1.165, 1.54) is 0 Å². The summed E-state index contributed by atoms with van der Waals surface area (Å²) in [5.41, 5.74) is 2.99. The molecule has 0 radical (unpaired) electrons. The van der Waals surface area contributed by atoms with Crippen LogP contribution >= 0.6 is 11.8 Å². The van der Waals surface area contributed by atoms with E-state index in [1.807, 2.05) is 31.4 Å². The van der Waals surface area contributed by atoms with Gasteiger partial charge in [0.2, 0.25) is 5.91 Å². The molecule has 2 aromatic rings. The smallest absolute Gasteiger partial charge is 0.249 e. The number of nitrogens with zero attached hydrogens (tertiary/aromatic N) is 1. The second-order valence-corrected chi connectivity index (χ2v) is 5.70. The molecule has 0 saturated carbocycles. The van der Waals surface area contributed by atoms with Crippen molar-refractivity contribution in [3.63, 3.8) is 0 Å². The number of amides is 1. The normalized spacial score (nSPS) is 12.6. The number of thioether (sulfide) groups is 1. The maximum atomic E-state index is 11.7. The highest BCUT2D eigenvalue weighted by atomic mass is 32.2. The Kier molecular flexibility index (Phi) is 5.03. The van der Waals surface area contributed by atoms with Crippen molar-refractivity contribution >= 4 is 28.7 Å². The topological polar surface area (TPSA) is 78.0 Å². The Labute approximate surface area is 122 Å². The van der Waals surface area contributed by atoms with Gasteiger partial charge in [0.1, 0.15) is 11.9 Å². The molecule has 0 fully saturated rings. The van der Waals surface area contributed by atoms with Crippen molar-refractivity contribution in [1.29, 1.82) is 0 Å². The number of aliphatic hydroxyl groups excluding tert-OH is 1. The standard InChI is InChI=1S/C14H19N3O2S/c1-9-3-4-10-11(7-9)17-13(16-10)8-15-14(19)12(18)5-6-20-2/h3-4,7,12,18H,5-6,8H2,1-2H3,(H,15,19)(H,16,17). The molecule has 0 spiro atoms. The number of carbonyl (C=O) groups excluding carboxylic acids is 1. The molecule has 1 unspecified atom stereocenters. The first kappa shape index (κ1) is 14.9. The second-order valence-electron chi connectivity index (χ2n) is 4.72. The number of rotatable bonds is 6. The summed E-state index contributed by atoms with van der Waals surface area (Å²) in [7, 11) is 0. The van der Waals surface area contributed by atoms with Crippen LogP contribution in [0.3, 0.4) is 0 Å². The van der Waals surface area contributed by atoms with Gasteiger partial charge in [-0.3, -0.25) is 4.79 Å². The quantitative estimate of drug-likeness (QED) is 0.756. The number of aryl methyl sites for hydroxylation is 1. The lowest BCUT2D eigenvalue weighted by Gasteiger charge is -2.09. The summed E-state index contributed by atoms with van der Waals surface area (Å²) in [5.74, 6) is 1.10. The minimum atomic E-state index is -0.950. The van der Waals surface area contributed by atoms with Crippen LogP contribution in [0.15, 0.2) is 18.2 Å². The third-order valence-corrected chi connectivity index (χ3v) is 3.66. The van der Waals surface area contributed by atoms with Crippen LogP contribution in [-0.2, 0) is 11.3 Å². The molecule has 0 saturated heterocycles. The molecule has 0 bridgehead atoms. The van der Waals surface area contributed by atoms with E-state index in [4.69, 9.17) is 0 Å². The highest BCUT2D eigenvalue weighted by Crippen LogP contribution is 2.13. The largest absolute Gasteiger partial charge is 0.383 e. The minimum Gasteiger partial charge on any atom is -0.383 e. The maximum absolute atomic E-state index is 11.7. The van der Waals surface area contributed by atoms with E-state index in [0.717, 1.165) is 22.3 Å². The minimum absolute atomic E-state index is 0.295. The molecule has 6 heteroatoms. The number of imidazole rings is 1. The van der Waals surface area contributed by atoms with Gasteiger partial charge in [0.25, 0.3) is 0 Å². The fraction of sp³-hybridized carbons (Fsp3) is 0.429. The van der Waals surface area contributed by atoms with Gasteiger partial charge in [0, 0.05) is 0 Å². The van der Waals surface area contributed by atoms with Crippen LogP contribution in [0.2, 0.25) is 0 Å². The summed E-state index contributed by atoms with van der Waals surface area (Å²) < 4.78 is 0. The summed E-state index contributed by atoms with van der Waals surface area (Å²) in [5, 5.41) is 12.3. The molecule has 0 aliphatic heterocycles. The zero-order valence-electron chi connectivity index (χ0n) is 11.6. The van der Waals surface area contributed by atoms with Crippen LogP contribution < -0.4 is 5.32 Å². The van der Waals surface area contributed by atoms with Crippen LogP contribution in [0, 0.1) is 6.92 Å². The lowest BCUT2D eigenvalue weighted by molar-refractivity contribution is -0.129. The lowest BCUT2D eigenvalue weighted by atomic mass is 10.2. The van der Waals surface area contributed by atoms with Crippen molar-refractivity contribution < 1.29 is 9.90 Å². The molecular weight excluding hydrogens is 274 g/mol. The Morgan fingerprint density at radius 2 is 2.35 bits per heavy atom. The molecule has 1 amide bonds. The summed E-state index contributed by atoms with van der Waals surface area (Å²) in [6.07, 6.45) is 1.46. The van der Waals surface area contributed by atoms with Gasteiger partial charge < -0.3 is 15.4 Å². The first-order chi connectivity index (χ1) is 9.60. The average Bonchev–Trinajstić information content (AvgIpc) is 2.83. The molecule has 0 aliphatic carbocycles. The first-order valence-electron chi connectivity index (χ1n) is 6.50. The molecule has 1 aromatic heterocycles. The number of fused-ring (bicyclic) bond motifs is 1. The fourth-order valence-electron chi connectivity index (χ4n) is 1.91. The van der Waals surface area contributed by atoms with Crippen LogP contribution in [0.1, 0.15) is 17.8 Å². The van der Waals surface area contributed by atoms with Crippen molar-refractivity contribution in [2.24, 2.45) is 0 Å². The summed E-state index contributed by atoms with van der Waals surface area (Å²) in [4.78, 5) is 19.2. The summed E-state index contributed by atoms with van der Waals surface area (Å²) >= 11 is 1.61. The van der Waals surface area contributed by atoms with Gasteiger partial charge in [0.05, 0.1) is 17.6 Å². The Hall–Kier alpha value is -1.53. The third-order valence-electron chi connectivity index (χ3n) is 3.01. The number of aromatic nitrogens is 2. The third kappa shape index (κ3) is 3.74. The SMILES string of the molecule is CSCCC(O)C(=O)NCc1nc2ccc(C)cc2[nH]1. The zero-order chi connectivity index (χ0) is 14.5. The number of benzene rings is 1. The molecule has 108 valence electrons. The van der Waals surface area contributed by atoms with Crippen LogP contribution in [0.5, 0.6) is 0 Å². The van der Waals surface area contributed by atoms with Crippen LogP contribution in [0.25, 0.3) is 11.0 Å². The van der Waals surface area contributed by atoms with E-state index in [9.17, 15) is 9.90 Å². The number of hydrogen-bond donors (Lipinski definition) is 3. The second kappa shape index (κ2) is 6.76. The van der Waals surface area contributed by atoms with E-state index >= 15 is 0 Å². The summed E-state index contributed by atoms with van der Waals surface area (Å²) in [6.45, 7) is 2.31. The number of nitrogens with one attached hydrogen (secondary N) is 2. The number of hydrogen-bond acceptors (Lipinski definition) is 4. The van der Waals surface area contributed by atoms with Crippen molar-refractivity contribution in [2.45, 2.75) is 26.0 Å². The molecule has 3 N–H and O–H groups in total. The fourth-order valence-corrected chi connectivity index (χ4v) is 2.37. The molecular formula is C14H19N3O2S. The van der Waals surface area contributed by atoms with Gasteiger partial charge in [-0.05, 0) is 43.0 Å². The van der Waals surface area contributed by atoms with Gasteiger partial charge in [-0.25, -0.2) is 4.98 Å². The highest BCUT2D eigenvalue weighted by molar-refractivity contribution is 7.98. The van der Waals surface area contributed by atoms with Crippen molar-refractivity contribution in [3.05, 3.63) is 29.6 Å². The average molecular weight is 293 g/mol. The Balaban J connectivity index is 1.93. The van der Waals surface area contributed by atoms with Crippen LogP contribution in [-0.4, -0.2) is 39.1 Å². The number of aliphatic hydroxyl groups is 1. The molecule has 1 atom stereocenters. The lowest BCUT2D eigenvalue weighted by Crippen LogP contribution is -2.34.